The molecule has 4 atom stereocenters. The topological polar surface area (TPSA) is 47.9 Å². The lowest BCUT2D eigenvalue weighted by Gasteiger charge is -2.17. The average Bonchev–Trinajstić information content (AvgIpc) is 2.38. The lowest BCUT2D eigenvalue weighted by Crippen LogP contribution is -2.36. The molecule has 0 bridgehead atoms. The van der Waals surface area contributed by atoms with Crippen LogP contribution in [-0.2, 0) is 14.2 Å². The summed E-state index contributed by atoms with van der Waals surface area (Å²) in [6.07, 6.45) is -0.940. The minimum atomic E-state index is -0.589. The molecule has 0 aromatic heterocycles. The molecule has 1 saturated heterocycles. The summed E-state index contributed by atoms with van der Waals surface area (Å²) in [6.45, 7) is 4.33. The highest BCUT2D eigenvalue weighted by molar-refractivity contribution is 6.11. The Kier molecular flexibility index (Phi) is 4.38. The minimum absolute atomic E-state index is 0.0734. The average molecular weight is 202 g/mol. The minimum Gasteiger partial charge on any atom is -0.388 e. The highest BCUT2D eigenvalue weighted by Gasteiger charge is 2.41. The van der Waals surface area contributed by atoms with Crippen LogP contribution in [0.2, 0.25) is 0 Å². The molecule has 1 aliphatic rings. The van der Waals surface area contributed by atoms with Crippen LogP contribution in [0.1, 0.15) is 13.8 Å². The van der Waals surface area contributed by atoms with Crippen LogP contribution < -0.4 is 0 Å². The van der Waals surface area contributed by atoms with Gasteiger partial charge in [0.15, 0.2) is 0 Å². The van der Waals surface area contributed by atoms with Crippen LogP contribution in [0.15, 0.2) is 0 Å². The summed E-state index contributed by atoms with van der Waals surface area (Å²) in [5.74, 6) is 0. The van der Waals surface area contributed by atoms with E-state index in [4.69, 9.17) is 14.2 Å². The lowest BCUT2D eigenvalue weighted by molar-refractivity contribution is -0.0504. The Morgan fingerprint density at radius 3 is 2.57 bits per heavy atom. The summed E-state index contributed by atoms with van der Waals surface area (Å²) in [7, 11) is 3.48. The second-order valence-corrected chi connectivity index (χ2v) is 3.95. The number of hydrogen-bond acceptors (Lipinski definition) is 4. The maximum absolute atomic E-state index is 9.80. The van der Waals surface area contributed by atoms with Crippen molar-refractivity contribution in [2.24, 2.45) is 0 Å². The zero-order valence-corrected chi connectivity index (χ0v) is 9.27. The first-order chi connectivity index (χ1) is 6.56. The van der Waals surface area contributed by atoms with E-state index in [-0.39, 0.29) is 24.3 Å². The number of aliphatic hydroxyl groups excluding tert-OH is 1. The van der Waals surface area contributed by atoms with E-state index in [0.29, 0.717) is 6.61 Å². The molecule has 0 aliphatic carbocycles. The standard InChI is InChI=1S/C9H19BO4/c1-5(2)13-4-6-7(11)8(12-3)9(10)14-6/h5-9,11H,4,10H2,1-3H3/t6-,7?,8?,9-/m1/s1. The molecule has 2 unspecified atom stereocenters. The van der Waals surface area contributed by atoms with E-state index >= 15 is 0 Å². The van der Waals surface area contributed by atoms with Gasteiger partial charge < -0.3 is 19.3 Å². The number of hydrogen-bond donors (Lipinski definition) is 1. The molecule has 1 fully saturated rings. The number of aliphatic hydroxyl groups is 1. The Hall–Kier alpha value is -0.0951. The van der Waals surface area contributed by atoms with E-state index in [1.807, 2.05) is 21.7 Å². The Balaban J connectivity index is 2.41. The number of rotatable bonds is 4. The van der Waals surface area contributed by atoms with Crippen LogP contribution in [0.4, 0.5) is 0 Å². The summed E-state index contributed by atoms with van der Waals surface area (Å²) >= 11 is 0. The first-order valence-corrected chi connectivity index (χ1v) is 5.04. The largest absolute Gasteiger partial charge is 0.388 e. The fourth-order valence-corrected chi connectivity index (χ4v) is 1.68. The van der Waals surface area contributed by atoms with Gasteiger partial charge in [0, 0.05) is 7.11 Å². The molecule has 0 spiro atoms. The first kappa shape index (κ1) is 12.0. The molecule has 4 nitrogen and oxygen atoms in total. The number of methoxy groups -OCH3 is 1. The van der Waals surface area contributed by atoms with Crippen LogP contribution in [0.25, 0.3) is 0 Å². The zero-order chi connectivity index (χ0) is 10.7. The monoisotopic (exact) mass is 202 g/mol. The second kappa shape index (κ2) is 5.12. The van der Waals surface area contributed by atoms with Crippen molar-refractivity contribution in [1.29, 1.82) is 0 Å². The normalized spacial score (nSPS) is 38.1. The van der Waals surface area contributed by atoms with E-state index in [2.05, 4.69) is 0 Å². The van der Waals surface area contributed by atoms with Gasteiger partial charge in [0.2, 0.25) is 0 Å². The second-order valence-electron chi connectivity index (χ2n) is 3.95. The smallest absolute Gasteiger partial charge is 0.142 e. The first-order valence-electron chi connectivity index (χ1n) is 5.04. The highest BCUT2D eigenvalue weighted by atomic mass is 16.6. The third kappa shape index (κ3) is 2.70. The lowest BCUT2D eigenvalue weighted by atomic mass is 9.93. The molecular weight excluding hydrogens is 183 g/mol. The highest BCUT2D eigenvalue weighted by Crippen LogP contribution is 2.22. The molecule has 5 heteroatoms. The van der Waals surface area contributed by atoms with Crippen molar-refractivity contribution in [3.8, 4) is 0 Å². The molecule has 0 radical (unpaired) electrons. The zero-order valence-electron chi connectivity index (χ0n) is 9.27. The van der Waals surface area contributed by atoms with Gasteiger partial charge in [-0.15, -0.1) is 0 Å². The molecular formula is C9H19BO4. The van der Waals surface area contributed by atoms with Crippen molar-refractivity contribution in [2.45, 2.75) is 44.3 Å². The predicted molar refractivity (Wildman–Crippen MR) is 55.1 cm³/mol. The summed E-state index contributed by atoms with van der Waals surface area (Å²) in [4.78, 5) is 0. The Morgan fingerprint density at radius 2 is 2.14 bits per heavy atom. The Bertz CT molecular complexity index is 176. The van der Waals surface area contributed by atoms with Crippen molar-refractivity contribution in [3.05, 3.63) is 0 Å². The van der Waals surface area contributed by atoms with Gasteiger partial charge in [0.1, 0.15) is 26.2 Å². The molecule has 0 amide bonds. The van der Waals surface area contributed by atoms with E-state index in [1.54, 1.807) is 7.11 Å². The van der Waals surface area contributed by atoms with E-state index in [9.17, 15) is 5.11 Å². The van der Waals surface area contributed by atoms with Crippen LogP contribution in [0.3, 0.4) is 0 Å². The van der Waals surface area contributed by atoms with Crippen LogP contribution >= 0.6 is 0 Å². The third-order valence-corrected chi connectivity index (χ3v) is 2.44. The van der Waals surface area contributed by atoms with Crippen molar-refractivity contribution in [1.82, 2.24) is 0 Å². The van der Waals surface area contributed by atoms with Gasteiger partial charge in [-0.2, -0.15) is 0 Å². The van der Waals surface area contributed by atoms with Gasteiger partial charge in [-0.1, -0.05) is 0 Å². The Labute approximate surface area is 85.9 Å². The molecule has 1 heterocycles. The fourth-order valence-electron chi connectivity index (χ4n) is 1.68. The Morgan fingerprint density at radius 1 is 1.50 bits per heavy atom. The van der Waals surface area contributed by atoms with Gasteiger partial charge in [-0.3, -0.25) is 0 Å². The third-order valence-electron chi connectivity index (χ3n) is 2.44. The van der Waals surface area contributed by atoms with Gasteiger partial charge in [-0.25, -0.2) is 0 Å². The van der Waals surface area contributed by atoms with Crippen molar-refractivity contribution in [2.75, 3.05) is 13.7 Å². The van der Waals surface area contributed by atoms with E-state index in [1.165, 1.54) is 0 Å². The summed E-state index contributed by atoms with van der Waals surface area (Å²) in [5.41, 5.74) is 0. The quantitative estimate of drug-likeness (QED) is 0.603. The summed E-state index contributed by atoms with van der Waals surface area (Å²) < 4.78 is 16.1. The van der Waals surface area contributed by atoms with E-state index in [0.717, 1.165) is 0 Å². The van der Waals surface area contributed by atoms with Crippen molar-refractivity contribution >= 4 is 7.85 Å². The molecule has 14 heavy (non-hydrogen) atoms. The summed E-state index contributed by atoms with van der Waals surface area (Å²) in [5, 5.41) is 9.80. The maximum atomic E-state index is 9.80. The molecule has 1 aliphatic heterocycles. The van der Waals surface area contributed by atoms with E-state index < -0.39 is 6.10 Å². The van der Waals surface area contributed by atoms with Gasteiger partial charge >= 0.3 is 0 Å². The van der Waals surface area contributed by atoms with Crippen LogP contribution in [0.5, 0.6) is 0 Å². The number of ether oxygens (including phenoxy) is 3. The SMILES string of the molecule is B[C@@H]1O[C@H](COC(C)C)C(O)C1OC. The molecule has 1 N–H and O–H groups in total. The van der Waals surface area contributed by atoms with Crippen molar-refractivity contribution < 1.29 is 19.3 Å². The molecule has 82 valence electrons. The molecule has 0 saturated carbocycles. The fraction of sp³-hybridized carbons (Fsp3) is 1.00. The van der Waals surface area contributed by atoms with Gasteiger partial charge in [0.05, 0.1) is 18.7 Å². The molecule has 0 aromatic carbocycles. The van der Waals surface area contributed by atoms with Gasteiger partial charge in [0.25, 0.3) is 0 Å². The molecule has 1 rings (SSSR count). The molecule has 0 aromatic rings. The summed E-state index contributed by atoms with van der Waals surface area (Å²) in [6, 6.07) is -0.0734. The van der Waals surface area contributed by atoms with Crippen molar-refractivity contribution in [3.63, 3.8) is 0 Å². The van der Waals surface area contributed by atoms with Crippen LogP contribution in [-0.4, -0.2) is 57.1 Å². The van der Waals surface area contributed by atoms with Crippen LogP contribution in [0, 0.1) is 0 Å². The predicted octanol–water partition coefficient (Wildman–Crippen LogP) is -0.855. The maximum Gasteiger partial charge on any atom is 0.142 e. The van der Waals surface area contributed by atoms with Gasteiger partial charge in [-0.05, 0) is 13.8 Å².